The molecule has 1 aromatic heterocycles. The van der Waals surface area contributed by atoms with E-state index in [0.29, 0.717) is 13.1 Å². The molecule has 3 rings (SSSR count). The van der Waals surface area contributed by atoms with Gasteiger partial charge >= 0.3 is 0 Å². The summed E-state index contributed by atoms with van der Waals surface area (Å²) in [7, 11) is 0. The lowest BCUT2D eigenvalue weighted by molar-refractivity contribution is -0.384. The first-order chi connectivity index (χ1) is 12.5. The van der Waals surface area contributed by atoms with Gasteiger partial charge in [-0.15, -0.1) is 11.8 Å². The van der Waals surface area contributed by atoms with E-state index in [1.807, 2.05) is 36.4 Å². The van der Waals surface area contributed by atoms with Crippen LogP contribution in [-0.4, -0.2) is 47.2 Å². The van der Waals surface area contributed by atoms with Crippen LogP contribution in [0.1, 0.15) is 6.92 Å². The van der Waals surface area contributed by atoms with E-state index in [1.165, 1.54) is 23.9 Å². The fourth-order valence-electron chi connectivity index (χ4n) is 2.93. The van der Waals surface area contributed by atoms with Gasteiger partial charge in [-0.25, -0.2) is 4.98 Å². The van der Waals surface area contributed by atoms with Gasteiger partial charge in [-0.1, -0.05) is 0 Å². The van der Waals surface area contributed by atoms with Crippen LogP contribution in [0.5, 0.6) is 0 Å². The zero-order valence-electron chi connectivity index (χ0n) is 14.5. The predicted octanol–water partition coefficient (Wildman–Crippen LogP) is 2.24. The summed E-state index contributed by atoms with van der Waals surface area (Å²) in [6, 6.07) is 10.4. The van der Waals surface area contributed by atoms with Gasteiger partial charge in [0.25, 0.3) is 5.69 Å². The van der Waals surface area contributed by atoms with Gasteiger partial charge in [0.05, 0.1) is 10.2 Å². The van der Waals surface area contributed by atoms with Crippen molar-refractivity contribution in [3.05, 3.63) is 58.9 Å². The number of piperazine rings is 1. The van der Waals surface area contributed by atoms with Gasteiger partial charge in [0.1, 0.15) is 0 Å². The number of nitro groups is 1. The minimum Gasteiger partial charge on any atom is -0.368 e. The quantitative estimate of drug-likeness (QED) is 0.456. The number of hydrogen-bond acceptors (Lipinski definition) is 5. The zero-order valence-corrected chi connectivity index (χ0v) is 15.3. The van der Waals surface area contributed by atoms with Crippen molar-refractivity contribution in [1.29, 1.82) is 0 Å². The highest BCUT2D eigenvalue weighted by Gasteiger charge is 2.25. The SMILES string of the molecule is C[C@@H](Sc1ccc([N+](=O)[O-])cc1)C(=O)N1CCN(c2cc[nH+]cc2)CC1. The molecule has 1 N–H and O–H groups in total. The first-order valence-corrected chi connectivity index (χ1v) is 9.33. The molecule has 0 unspecified atom stereocenters. The molecule has 8 heteroatoms. The number of non-ortho nitro benzene ring substituents is 1. The number of nitrogens with zero attached hydrogens (tertiary/aromatic N) is 3. The number of anilines is 1. The fourth-order valence-corrected chi connectivity index (χ4v) is 3.88. The van der Waals surface area contributed by atoms with E-state index in [9.17, 15) is 14.9 Å². The first-order valence-electron chi connectivity index (χ1n) is 8.45. The molecule has 1 aromatic carbocycles. The van der Waals surface area contributed by atoms with Crippen LogP contribution in [0, 0.1) is 10.1 Å². The number of thioether (sulfide) groups is 1. The molecule has 0 radical (unpaired) electrons. The molecule has 1 saturated heterocycles. The Bertz CT molecular complexity index is 762. The summed E-state index contributed by atoms with van der Waals surface area (Å²) in [4.78, 5) is 31.0. The van der Waals surface area contributed by atoms with E-state index in [0.717, 1.165) is 23.7 Å². The first kappa shape index (κ1) is 18.2. The number of amides is 1. The molecule has 26 heavy (non-hydrogen) atoms. The highest BCUT2D eigenvalue weighted by molar-refractivity contribution is 8.00. The lowest BCUT2D eigenvalue weighted by Crippen LogP contribution is -2.50. The number of pyridine rings is 1. The number of nitrogens with one attached hydrogen (secondary N) is 1. The molecular formula is C18H21N4O3S+. The molecule has 7 nitrogen and oxygen atoms in total. The standard InChI is InChI=1S/C18H20N4O3S/c1-14(26-17-4-2-16(3-5-17)22(24)25)18(23)21-12-10-20(11-13-21)15-6-8-19-9-7-15/h2-9,14H,10-13H2,1H3/p+1/t14-/m1/s1. The maximum atomic E-state index is 12.7. The van der Waals surface area contributed by atoms with E-state index in [2.05, 4.69) is 9.88 Å². The van der Waals surface area contributed by atoms with Crippen molar-refractivity contribution < 1.29 is 14.7 Å². The molecule has 0 spiro atoms. The predicted molar refractivity (Wildman–Crippen MR) is 100 cm³/mol. The largest absolute Gasteiger partial charge is 0.368 e. The van der Waals surface area contributed by atoms with Gasteiger partial charge in [-0.2, -0.15) is 0 Å². The van der Waals surface area contributed by atoms with Crippen molar-refractivity contribution in [2.24, 2.45) is 0 Å². The molecular weight excluding hydrogens is 352 g/mol. The Morgan fingerprint density at radius 2 is 1.73 bits per heavy atom. The monoisotopic (exact) mass is 373 g/mol. The second kappa shape index (κ2) is 8.18. The molecule has 2 heterocycles. The van der Waals surface area contributed by atoms with Crippen LogP contribution in [0.4, 0.5) is 11.4 Å². The third-order valence-corrected chi connectivity index (χ3v) is 5.46. The summed E-state index contributed by atoms with van der Waals surface area (Å²) in [6.07, 6.45) is 3.80. The lowest BCUT2D eigenvalue weighted by Gasteiger charge is -2.36. The minimum absolute atomic E-state index is 0.0583. The van der Waals surface area contributed by atoms with Crippen LogP contribution in [0.25, 0.3) is 0 Å². The number of aromatic nitrogens is 1. The van der Waals surface area contributed by atoms with Crippen molar-refractivity contribution >= 4 is 29.0 Å². The fraction of sp³-hybridized carbons (Fsp3) is 0.333. The number of nitro benzene ring substituents is 1. The summed E-state index contributed by atoms with van der Waals surface area (Å²) < 4.78 is 0. The summed E-state index contributed by atoms with van der Waals surface area (Å²) in [5.74, 6) is 0.106. The maximum absolute atomic E-state index is 12.7. The van der Waals surface area contributed by atoms with Crippen molar-refractivity contribution in [2.45, 2.75) is 17.1 Å². The Hall–Kier alpha value is -2.61. The van der Waals surface area contributed by atoms with Gasteiger partial charge < -0.3 is 9.80 Å². The Morgan fingerprint density at radius 3 is 2.31 bits per heavy atom. The number of hydrogen-bond donors (Lipinski definition) is 0. The Balaban J connectivity index is 1.53. The van der Waals surface area contributed by atoms with Crippen molar-refractivity contribution in [3.8, 4) is 0 Å². The van der Waals surface area contributed by atoms with Crippen LogP contribution >= 0.6 is 11.8 Å². The lowest BCUT2D eigenvalue weighted by atomic mass is 10.2. The molecule has 1 aliphatic rings. The minimum atomic E-state index is -0.423. The Labute approximate surface area is 156 Å². The number of rotatable bonds is 5. The number of H-pyrrole nitrogens is 1. The molecule has 136 valence electrons. The van der Waals surface area contributed by atoms with Crippen molar-refractivity contribution in [2.75, 3.05) is 31.1 Å². The van der Waals surface area contributed by atoms with E-state index in [4.69, 9.17) is 0 Å². The van der Waals surface area contributed by atoms with Crippen molar-refractivity contribution in [3.63, 3.8) is 0 Å². The number of benzene rings is 1. The van der Waals surface area contributed by atoms with Crippen LogP contribution in [0.3, 0.4) is 0 Å². The highest BCUT2D eigenvalue weighted by Crippen LogP contribution is 2.27. The van der Waals surface area contributed by atoms with Gasteiger partial charge in [0.2, 0.25) is 5.91 Å². The molecule has 0 bridgehead atoms. The summed E-state index contributed by atoms with van der Waals surface area (Å²) >= 11 is 1.43. The number of carbonyl (C=O) groups excluding carboxylic acids is 1. The topological polar surface area (TPSA) is 80.8 Å². The van der Waals surface area contributed by atoms with E-state index in [-0.39, 0.29) is 16.8 Å². The summed E-state index contributed by atoms with van der Waals surface area (Å²) in [6.45, 7) is 4.90. The zero-order chi connectivity index (χ0) is 18.5. The second-order valence-electron chi connectivity index (χ2n) is 6.08. The average Bonchev–Trinajstić information content (AvgIpc) is 2.68. The van der Waals surface area contributed by atoms with Crippen LogP contribution < -0.4 is 9.88 Å². The van der Waals surface area contributed by atoms with E-state index >= 15 is 0 Å². The molecule has 2 aromatic rings. The molecule has 1 aliphatic heterocycles. The Morgan fingerprint density at radius 1 is 1.12 bits per heavy atom. The van der Waals surface area contributed by atoms with Gasteiger partial charge in [0, 0.05) is 61.0 Å². The number of carbonyl (C=O) groups is 1. The third kappa shape index (κ3) is 4.32. The second-order valence-corrected chi connectivity index (χ2v) is 7.50. The molecule has 1 atom stereocenters. The maximum Gasteiger partial charge on any atom is 0.269 e. The van der Waals surface area contributed by atoms with Crippen LogP contribution in [0.2, 0.25) is 0 Å². The van der Waals surface area contributed by atoms with Crippen molar-refractivity contribution in [1.82, 2.24) is 4.90 Å². The van der Waals surface area contributed by atoms with Gasteiger partial charge in [-0.3, -0.25) is 14.9 Å². The van der Waals surface area contributed by atoms with Gasteiger partial charge in [-0.05, 0) is 19.1 Å². The Kier molecular flexibility index (Phi) is 5.72. The van der Waals surface area contributed by atoms with Crippen LogP contribution in [0.15, 0.2) is 53.7 Å². The summed E-state index contributed by atoms with van der Waals surface area (Å²) in [5, 5.41) is 10.5. The summed E-state index contributed by atoms with van der Waals surface area (Å²) in [5.41, 5.74) is 1.21. The normalized spacial score (nSPS) is 15.6. The average molecular weight is 373 g/mol. The van der Waals surface area contributed by atoms with E-state index < -0.39 is 4.92 Å². The third-order valence-electron chi connectivity index (χ3n) is 4.37. The molecule has 0 aliphatic carbocycles. The number of aromatic amines is 1. The molecule has 1 fully saturated rings. The van der Waals surface area contributed by atoms with Gasteiger partial charge in [0.15, 0.2) is 12.4 Å². The molecule has 1 amide bonds. The smallest absolute Gasteiger partial charge is 0.269 e. The van der Waals surface area contributed by atoms with E-state index in [1.54, 1.807) is 12.1 Å². The van der Waals surface area contributed by atoms with Crippen LogP contribution in [-0.2, 0) is 4.79 Å². The molecule has 0 saturated carbocycles. The highest BCUT2D eigenvalue weighted by atomic mass is 32.2.